The van der Waals surface area contributed by atoms with Crippen LogP contribution in [0.1, 0.15) is 0 Å². The van der Waals surface area contributed by atoms with Crippen LogP contribution in [0.4, 0.5) is 0 Å². The summed E-state index contributed by atoms with van der Waals surface area (Å²) in [6.45, 7) is 0. The van der Waals surface area contributed by atoms with Gasteiger partial charge >= 0.3 is 7.48 Å². The Kier molecular flexibility index (Phi) is 1.91. The molecule has 0 atom stereocenters. The van der Waals surface area contributed by atoms with Gasteiger partial charge in [0.05, 0.1) is 0 Å². The summed E-state index contributed by atoms with van der Waals surface area (Å²) in [5.41, 5.74) is 6.17. The molecule has 1 nitrogen and oxygen atoms in total. The third-order valence-corrected chi connectivity index (χ3v) is 3.81. The first-order valence-corrected chi connectivity index (χ1v) is 6.15. The van der Waals surface area contributed by atoms with E-state index in [1.165, 1.54) is 33.0 Å². The Morgan fingerprint density at radius 2 is 1.33 bits per heavy atom. The molecule has 1 aliphatic rings. The number of hydrogen-bond donors (Lipinski definition) is 1. The molecule has 3 aromatic rings. The van der Waals surface area contributed by atoms with Gasteiger partial charge in [-0.25, -0.2) is 0 Å². The van der Waals surface area contributed by atoms with Gasteiger partial charge < -0.3 is 5.02 Å². The monoisotopic (exact) mass is 230 g/mol. The summed E-state index contributed by atoms with van der Waals surface area (Å²) in [5, 5.41) is 11.9. The van der Waals surface area contributed by atoms with Gasteiger partial charge in [-0.3, -0.25) is 0 Å². The van der Waals surface area contributed by atoms with Gasteiger partial charge in [0.2, 0.25) is 0 Å². The van der Waals surface area contributed by atoms with Crippen molar-refractivity contribution in [3.05, 3.63) is 54.6 Å². The first-order valence-electron chi connectivity index (χ1n) is 6.15. The number of hydrogen-bond acceptors (Lipinski definition) is 1. The van der Waals surface area contributed by atoms with E-state index in [1.54, 1.807) is 0 Å². The van der Waals surface area contributed by atoms with Gasteiger partial charge in [-0.1, -0.05) is 54.6 Å². The molecule has 84 valence electrons. The smallest absolute Gasteiger partial charge is 0.305 e. The molecule has 18 heavy (non-hydrogen) atoms. The van der Waals surface area contributed by atoms with Gasteiger partial charge in [-0.15, -0.1) is 0 Å². The lowest BCUT2D eigenvalue weighted by Gasteiger charge is -2.06. The van der Waals surface area contributed by atoms with Crippen molar-refractivity contribution in [3.8, 4) is 22.3 Å². The molecule has 3 aromatic carbocycles. The average Bonchev–Trinajstić information content (AvgIpc) is 2.77. The van der Waals surface area contributed by atoms with Crippen LogP contribution < -0.4 is 5.46 Å². The van der Waals surface area contributed by atoms with Crippen LogP contribution >= 0.6 is 0 Å². The zero-order valence-electron chi connectivity index (χ0n) is 9.85. The molecule has 0 heterocycles. The van der Waals surface area contributed by atoms with Crippen LogP contribution in [0.2, 0.25) is 0 Å². The van der Waals surface area contributed by atoms with Crippen molar-refractivity contribution >= 4 is 23.7 Å². The molecule has 0 aliphatic heterocycles. The molecule has 0 saturated heterocycles. The third-order valence-electron chi connectivity index (χ3n) is 3.81. The summed E-state index contributed by atoms with van der Waals surface area (Å²) >= 11 is 0. The van der Waals surface area contributed by atoms with Gasteiger partial charge in [-0.2, -0.15) is 0 Å². The molecule has 0 bridgehead atoms. The highest BCUT2D eigenvalue weighted by Gasteiger charge is 2.21. The highest BCUT2D eigenvalue weighted by Crippen LogP contribution is 2.46. The van der Waals surface area contributed by atoms with Crippen molar-refractivity contribution in [1.82, 2.24) is 0 Å². The van der Waals surface area contributed by atoms with Crippen LogP contribution in [0.25, 0.3) is 33.0 Å². The quantitative estimate of drug-likeness (QED) is 0.498. The van der Waals surface area contributed by atoms with E-state index in [9.17, 15) is 5.02 Å². The van der Waals surface area contributed by atoms with E-state index in [-0.39, 0.29) is 7.48 Å². The second kappa shape index (κ2) is 3.47. The highest BCUT2D eigenvalue weighted by atomic mass is 16.2. The Bertz CT molecular complexity index is 748. The van der Waals surface area contributed by atoms with Gasteiger partial charge in [-0.05, 0) is 38.5 Å². The van der Waals surface area contributed by atoms with Crippen molar-refractivity contribution in [1.29, 1.82) is 0 Å². The minimum absolute atomic E-state index is 0.0938. The fourth-order valence-electron chi connectivity index (χ4n) is 3.01. The molecule has 0 fully saturated rings. The zero-order chi connectivity index (χ0) is 12.1. The first-order chi connectivity index (χ1) is 8.90. The Morgan fingerprint density at radius 1 is 0.667 bits per heavy atom. The fourth-order valence-corrected chi connectivity index (χ4v) is 3.01. The van der Waals surface area contributed by atoms with E-state index in [4.69, 9.17) is 0 Å². The Labute approximate surface area is 106 Å². The first kappa shape index (κ1) is 9.92. The molecule has 0 amide bonds. The topological polar surface area (TPSA) is 20.2 Å². The van der Waals surface area contributed by atoms with Crippen molar-refractivity contribution in [2.75, 3.05) is 0 Å². The lowest BCUT2D eigenvalue weighted by atomic mass is 9.83. The summed E-state index contributed by atoms with van der Waals surface area (Å²) in [5.74, 6) is 0. The summed E-state index contributed by atoms with van der Waals surface area (Å²) in [6.07, 6.45) is 0. The largest absolute Gasteiger partial charge is 0.449 e. The summed E-state index contributed by atoms with van der Waals surface area (Å²) < 4.78 is 0. The van der Waals surface area contributed by atoms with E-state index in [0.717, 1.165) is 5.46 Å². The fraction of sp³-hybridized carbons (Fsp3) is 0. The van der Waals surface area contributed by atoms with Crippen molar-refractivity contribution in [2.45, 2.75) is 0 Å². The minimum atomic E-state index is 0.0938. The molecule has 0 unspecified atom stereocenters. The van der Waals surface area contributed by atoms with Crippen LogP contribution in [-0.4, -0.2) is 12.5 Å². The molecule has 0 saturated carbocycles. The van der Waals surface area contributed by atoms with Gasteiger partial charge in [0.25, 0.3) is 0 Å². The van der Waals surface area contributed by atoms with E-state index < -0.39 is 0 Å². The normalized spacial score (nSPS) is 11.6. The Hall–Kier alpha value is -2.06. The van der Waals surface area contributed by atoms with Crippen molar-refractivity contribution in [3.63, 3.8) is 0 Å². The molecular formula is C16H11BO. The third kappa shape index (κ3) is 1.11. The maximum absolute atomic E-state index is 9.45. The summed E-state index contributed by atoms with van der Waals surface area (Å²) in [4.78, 5) is 0. The number of fused-ring (bicyclic) bond motifs is 3. The van der Waals surface area contributed by atoms with Crippen LogP contribution in [0.3, 0.4) is 0 Å². The molecule has 0 aromatic heterocycles. The average molecular weight is 230 g/mol. The van der Waals surface area contributed by atoms with E-state index in [1.807, 2.05) is 6.07 Å². The van der Waals surface area contributed by atoms with E-state index >= 15 is 0 Å². The molecule has 1 aliphatic carbocycles. The number of rotatable bonds is 1. The van der Waals surface area contributed by atoms with Gasteiger partial charge in [0.1, 0.15) is 0 Å². The van der Waals surface area contributed by atoms with Crippen LogP contribution in [0, 0.1) is 0 Å². The molecule has 1 N–H and O–H groups in total. The van der Waals surface area contributed by atoms with Crippen LogP contribution in [-0.2, 0) is 0 Å². The molecule has 0 spiro atoms. The van der Waals surface area contributed by atoms with Crippen molar-refractivity contribution in [2.24, 2.45) is 0 Å². The lowest BCUT2D eigenvalue weighted by Crippen LogP contribution is -2.14. The predicted octanol–water partition coefficient (Wildman–Crippen LogP) is 2.46. The zero-order valence-corrected chi connectivity index (χ0v) is 9.85. The second-order valence-corrected chi connectivity index (χ2v) is 4.70. The number of benzene rings is 3. The predicted molar refractivity (Wildman–Crippen MR) is 77.4 cm³/mol. The summed E-state index contributed by atoms with van der Waals surface area (Å²) in [6, 6.07) is 19.0. The van der Waals surface area contributed by atoms with E-state index in [2.05, 4.69) is 48.5 Å². The SMILES string of the molecule is OBc1ccc2c3c(cccc13)-c1ccccc1-2. The van der Waals surface area contributed by atoms with Gasteiger partial charge in [0.15, 0.2) is 0 Å². The second-order valence-electron chi connectivity index (χ2n) is 4.70. The maximum atomic E-state index is 9.45. The van der Waals surface area contributed by atoms with E-state index in [0.29, 0.717) is 0 Å². The van der Waals surface area contributed by atoms with Crippen molar-refractivity contribution < 1.29 is 5.02 Å². The molecular weight excluding hydrogens is 219 g/mol. The van der Waals surface area contributed by atoms with Crippen LogP contribution in [0.5, 0.6) is 0 Å². The maximum Gasteiger partial charge on any atom is 0.305 e. The Morgan fingerprint density at radius 3 is 2.06 bits per heavy atom. The molecule has 0 radical (unpaired) electrons. The van der Waals surface area contributed by atoms with Gasteiger partial charge in [0, 0.05) is 0 Å². The Balaban J connectivity index is 2.23. The molecule has 2 heteroatoms. The standard InChI is InChI=1S/C16H11BO/c18-17-15-9-8-13-11-5-2-1-4-10(11)12-6-3-7-14(15)16(12)13/h1-9,17-18H. The highest BCUT2D eigenvalue weighted by molar-refractivity contribution is 6.51. The minimum Gasteiger partial charge on any atom is -0.449 e. The summed E-state index contributed by atoms with van der Waals surface area (Å²) in [7, 11) is 0.0938. The lowest BCUT2D eigenvalue weighted by molar-refractivity contribution is 0.616. The molecule has 4 rings (SSSR count). The van der Waals surface area contributed by atoms with Crippen LogP contribution in [0.15, 0.2) is 54.6 Å².